The number of hydrogen-bond donors (Lipinski definition) is 1. The van der Waals surface area contributed by atoms with Crippen LogP contribution in [0.5, 0.6) is 0 Å². The highest BCUT2D eigenvalue weighted by atomic mass is 35.5. The lowest BCUT2D eigenvalue weighted by Crippen LogP contribution is -2.40. The fraction of sp³-hybridized carbons (Fsp3) is 0.706. The van der Waals surface area contributed by atoms with Crippen LogP contribution in [0.25, 0.3) is 0 Å². The molecule has 0 aliphatic carbocycles. The summed E-state index contributed by atoms with van der Waals surface area (Å²) in [6.45, 7) is 0.956. The van der Waals surface area contributed by atoms with Gasteiger partial charge in [-0.15, -0.1) is 12.4 Å². The molecule has 0 spiro atoms. The van der Waals surface area contributed by atoms with E-state index in [1.165, 1.54) is 31.2 Å². The van der Waals surface area contributed by atoms with Gasteiger partial charge < -0.3 is 10.2 Å². The first-order chi connectivity index (χ1) is 10.3. The summed E-state index contributed by atoms with van der Waals surface area (Å²) in [4.78, 5) is 14.9. The highest BCUT2D eigenvalue weighted by Crippen LogP contribution is 2.37. The normalized spacial score (nSPS) is 33.7. The number of amides is 1. The lowest BCUT2D eigenvalue weighted by Gasteiger charge is -2.31. The molecular weight excluding hydrogens is 316 g/mol. The molecule has 3 unspecified atom stereocenters. The number of rotatable bonds is 3. The first-order valence-corrected chi connectivity index (χ1v) is 9.31. The molecule has 0 saturated carbocycles. The van der Waals surface area contributed by atoms with Crippen molar-refractivity contribution in [3.05, 3.63) is 22.4 Å². The van der Waals surface area contributed by atoms with Crippen molar-refractivity contribution in [1.29, 1.82) is 0 Å². The fourth-order valence-electron chi connectivity index (χ4n) is 4.58. The summed E-state index contributed by atoms with van der Waals surface area (Å²) >= 11 is 1.74. The minimum absolute atomic E-state index is 0. The third-order valence-corrected chi connectivity index (χ3v) is 6.24. The summed E-state index contributed by atoms with van der Waals surface area (Å²) in [5, 5.41) is 8.01. The van der Waals surface area contributed by atoms with E-state index in [0.717, 1.165) is 25.8 Å². The topological polar surface area (TPSA) is 32.3 Å². The van der Waals surface area contributed by atoms with E-state index in [2.05, 4.69) is 27.0 Å². The van der Waals surface area contributed by atoms with E-state index in [1.807, 2.05) is 0 Å². The van der Waals surface area contributed by atoms with Crippen molar-refractivity contribution in [2.24, 2.45) is 5.92 Å². The van der Waals surface area contributed by atoms with Gasteiger partial charge in [-0.1, -0.05) is 0 Å². The molecule has 3 aliphatic heterocycles. The second-order valence-corrected chi connectivity index (χ2v) is 7.76. The molecule has 4 heterocycles. The van der Waals surface area contributed by atoms with Crippen LogP contribution in [0.2, 0.25) is 0 Å². The van der Waals surface area contributed by atoms with Crippen molar-refractivity contribution in [2.75, 3.05) is 6.54 Å². The molecule has 4 rings (SSSR count). The molecule has 1 N–H and O–H groups in total. The van der Waals surface area contributed by atoms with Gasteiger partial charge in [0.25, 0.3) is 0 Å². The molecule has 1 amide bonds. The van der Waals surface area contributed by atoms with Gasteiger partial charge in [0.15, 0.2) is 0 Å². The minimum atomic E-state index is 0. The van der Waals surface area contributed by atoms with Crippen molar-refractivity contribution in [3.8, 4) is 0 Å². The quantitative estimate of drug-likeness (QED) is 0.908. The number of fused-ring (bicyclic) bond motifs is 2. The van der Waals surface area contributed by atoms with Crippen LogP contribution in [0.4, 0.5) is 0 Å². The van der Waals surface area contributed by atoms with Crippen molar-refractivity contribution in [1.82, 2.24) is 10.2 Å². The summed E-state index contributed by atoms with van der Waals surface area (Å²) in [6.07, 6.45) is 8.12. The van der Waals surface area contributed by atoms with Crippen LogP contribution in [0.3, 0.4) is 0 Å². The molecule has 1 aromatic heterocycles. The van der Waals surface area contributed by atoms with E-state index in [1.54, 1.807) is 11.3 Å². The van der Waals surface area contributed by atoms with E-state index in [9.17, 15) is 4.79 Å². The van der Waals surface area contributed by atoms with Gasteiger partial charge in [0.2, 0.25) is 5.91 Å². The van der Waals surface area contributed by atoms with Crippen molar-refractivity contribution in [3.63, 3.8) is 0 Å². The lowest BCUT2D eigenvalue weighted by atomic mass is 9.89. The van der Waals surface area contributed by atoms with E-state index >= 15 is 0 Å². The minimum Gasteiger partial charge on any atom is -0.336 e. The van der Waals surface area contributed by atoms with Crippen LogP contribution in [0.15, 0.2) is 16.8 Å². The Morgan fingerprint density at radius 2 is 2.05 bits per heavy atom. The Balaban J connectivity index is 0.00000144. The molecule has 122 valence electrons. The largest absolute Gasteiger partial charge is 0.336 e. The van der Waals surface area contributed by atoms with E-state index in [4.69, 9.17) is 0 Å². The summed E-state index contributed by atoms with van der Waals surface area (Å²) in [5.41, 5.74) is 1.34. The Labute approximate surface area is 142 Å². The molecule has 2 bridgehead atoms. The van der Waals surface area contributed by atoms with E-state index in [0.29, 0.717) is 30.0 Å². The van der Waals surface area contributed by atoms with Gasteiger partial charge in [0, 0.05) is 25.0 Å². The highest BCUT2D eigenvalue weighted by Gasteiger charge is 2.36. The van der Waals surface area contributed by atoms with Crippen molar-refractivity contribution in [2.45, 2.75) is 63.1 Å². The Bertz CT molecular complexity index is 495. The highest BCUT2D eigenvalue weighted by molar-refractivity contribution is 7.07. The second kappa shape index (κ2) is 6.90. The van der Waals surface area contributed by atoms with Crippen molar-refractivity contribution >= 4 is 29.7 Å². The van der Waals surface area contributed by atoms with Crippen molar-refractivity contribution < 1.29 is 4.79 Å². The Kier molecular flexibility index (Phi) is 5.10. The SMILES string of the molecule is Cl.O=C(CC1CC2CCC(C1)N2)N1CCCC1c1ccsc1. The molecule has 5 heteroatoms. The van der Waals surface area contributed by atoms with Gasteiger partial charge in [-0.25, -0.2) is 0 Å². The number of piperidine rings is 1. The van der Waals surface area contributed by atoms with Crippen LogP contribution < -0.4 is 5.32 Å². The molecular formula is C17H25ClN2OS. The third-order valence-electron chi connectivity index (χ3n) is 5.54. The number of carbonyl (C=O) groups excluding carboxylic acids is 1. The molecule has 22 heavy (non-hydrogen) atoms. The maximum absolute atomic E-state index is 12.8. The van der Waals surface area contributed by atoms with E-state index < -0.39 is 0 Å². The molecule has 3 saturated heterocycles. The van der Waals surface area contributed by atoms with Crippen LogP contribution >= 0.6 is 23.7 Å². The average molecular weight is 341 g/mol. The maximum atomic E-state index is 12.8. The molecule has 0 radical (unpaired) electrons. The standard InChI is InChI=1S/C17H24N2OS.ClH/c20-17(10-12-8-14-3-4-15(9-12)18-14)19-6-1-2-16(19)13-5-7-21-11-13;/h5,7,11-12,14-16,18H,1-4,6,8-10H2;1H. The average Bonchev–Trinajstić information content (AvgIpc) is 3.18. The Morgan fingerprint density at radius 1 is 1.27 bits per heavy atom. The second-order valence-electron chi connectivity index (χ2n) is 6.98. The number of nitrogens with zero attached hydrogens (tertiary/aromatic N) is 1. The lowest BCUT2D eigenvalue weighted by molar-refractivity contribution is -0.133. The van der Waals surface area contributed by atoms with Gasteiger partial charge >= 0.3 is 0 Å². The molecule has 3 nitrogen and oxygen atoms in total. The Hall–Kier alpha value is -0.580. The van der Waals surface area contributed by atoms with Gasteiger partial charge in [-0.3, -0.25) is 4.79 Å². The summed E-state index contributed by atoms with van der Waals surface area (Å²) < 4.78 is 0. The first-order valence-electron chi connectivity index (χ1n) is 8.37. The predicted octanol–water partition coefficient (Wildman–Crippen LogP) is 3.75. The molecule has 3 fully saturated rings. The zero-order chi connectivity index (χ0) is 14.2. The predicted molar refractivity (Wildman–Crippen MR) is 92.5 cm³/mol. The van der Waals surface area contributed by atoms with Crippen LogP contribution in [-0.4, -0.2) is 29.4 Å². The molecule has 1 aromatic rings. The molecule has 3 atom stereocenters. The molecule has 0 aromatic carbocycles. The maximum Gasteiger partial charge on any atom is 0.223 e. The zero-order valence-corrected chi connectivity index (χ0v) is 14.5. The smallest absolute Gasteiger partial charge is 0.223 e. The number of nitrogens with one attached hydrogen (secondary N) is 1. The van der Waals surface area contributed by atoms with Gasteiger partial charge in [0.05, 0.1) is 6.04 Å². The number of carbonyl (C=O) groups is 1. The van der Waals surface area contributed by atoms with Gasteiger partial charge in [-0.2, -0.15) is 11.3 Å². The number of hydrogen-bond acceptors (Lipinski definition) is 3. The van der Waals surface area contributed by atoms with Gasteiger partial charge in [0.1, 0.15) is 0 Å². The summed E-state index contributed by atoms with van der Waals surface area (Å²) in [5.74, 6) is 1.01. The summed E-state index contributed by atoms with van der Waals surface area (Å²) in [7, 11) is 0. The number of thiophene rings is 1. The third kappa shape index (κ3) is 3.19. The van der Waals surface area contributed by atoms with Crippen LogP contribution in [0.1, 0.15) is 56.6 Å². The zero-order valence-electron chi connectivity index (χ0n) is 12.9. The van der Waals surface area contributed by atoms with Gasteiger partial charge in [-0.05, 0) is 66.8 Å². The number of likely N-dealkylation sites (tertiary alicyclic amines) is 1. The first kappa shape index (κ1) is 16.3. The van der Waals surface area contributed by atoms with E-state index in [-0.39, 0.29) is 12.4 Å². The molecule has 3 aliphatic rings. The summed E-state index contributed by atoms with van der Waals surface area (Å²) in [6, 6.07) is 3.91. The number of halogens is 1. The van der Waals surface area contributed by atoms with Crippen LogP contribution in [-0.2, 0) is 4.79 Å². The Morgan fingerprint density at radius 3 is 2.73 bits per heavy atom. The van der Waals surface area contributed by atoms with Crippen LogP contribution in [0, 0.1) is 5.92 Å². The monoisotopic (exact) mass is 340 g/mol. The fourth-order valence-corrected chi connectivity index (χ4v) is 5.29.